The molecule has 2 heterocycles. The van der Waals surface area contributed by atoms with Crippen molar-refractivity contribution in [3.05, 3.63) is 30.3 Å². The van der Waals surface area contributed by atoms with Gasteiger partial charge in [-0.25, -0.2) is 4.79 Å². The third-order valence-electron chi connectivity index (χ3n) is 5.71. The van der Waals surface area contributed by atoms with Crippen LogP contribution in [0.5, 0.6) is 0 Å². The number of rotatable bonds is 6. The van der Waals surface area contributed by atoms with Crippen LogP contribution in [0, 0.1) is 0 Å². The number of imide groups is 1. The summed E-state index contributed by atoms with van der Waals surface area (Å²) in [4.78, 5) is 54.0. The van der Waals surface area contributed by atoms with Crippen molar-refractivity contribution in [2.75, 3.05) is 37.6 Å². The summed E-state index contributed by atoms with van der Waals surface area (Å²) in [5.74, 6) is -1.54. The zero-order valence-electron chi connectivity index (χ0n) is 17.6. The fraction of sp³-hybridized carbons (Fsp3) is 0.524. The second-order valence-corrected chi connectivity index (χ2v) is 7.79. The quantitative estimate of drug-likeness (QED) is 0.548. The van der Waals surface area contributed by atoms with Crippen LogP contribution in [0.15, 0.2) is 30.3 Å². The lowest BCUT2D eigenvalue weighted by Gasteiger charge is -2.37. The fourth-order valence-electron chi connectivity index (χ4n) is 3.63. The van der Waals surface area contributed by atoms with Crippen LogP contribution in [-0.4, -0.2) is 78.0 Å². The van der Waals surface area contributed by atoms with Crippen molar-refractivity contribution in [3.8, 4) is 0 Å². The molecule has 0 aromatic heterocycles. The van der Waals surface area contributed by atoms with Gasteiger partial charge < -0.3 is 19.9 Å². The second-order valence-electron chi connectivity index (χ2n) is 7.79. The summed E-state index contributed by atoms with van der Waals surface area (Å²) in [5.41, 5.74) is 0.0914. The van der Waals surface area contributed by atoms with Gasteiger partial charge in [-0.15, -0.1) is 0 Å². The highest BCUT2D eigenvalue weighted by Crippen LogP contribution is 2.21. The maximum Gasteiger partial charge on any atom is 0.327 e. The van der Waals surface area contributed by atoms with Crippen LogP contribution in [0.1, 0.15) is 27.2 Å². The number of benzene rings is 1. The SMILES string of the molecule is CC[C@]1(C)NC(=O)N(CC(=O)O[C@@H](C)C(=O)N2CCN(c3ccccc3)CC2)C1=O. The predicted octanol–water partition coefficient (Wildman–Crippen LogP) is 0.987. The summed E-state index contributed by atoms with van der Waals surface area (Å²) in [5, 5.41) is 2.58. The third kappa shape index (κ3) is 4.39. The number of ether oxygens (including phenoxy) is 1. The number of nitrogens with zero attached hydrogens (tertiary/aromatic N) is 3. The molecular formula is C21H28N4O5. The molecule has 2 fully saturated rings. The highest BCUT2D eigenvalue weighted by atomic mass is 16.5. The van der Waals surface area contributed by atoms with Crippen LogP contribution in [-0.2, 0) is 19.1 Å². The topological polar surface area (TPSA) is 99.3 Å². The number of anilines is 1. The van der Waals surface area contributed by atoms with Crippen LogP contribution >= 0.6 is 0 Å². The van der Waals surface area contributed by atoms with Crippen molar-refractivity contribution in [3.63, 3.8) is 0 Å². The molecule has 0 unspecified atom stereocenters. The number of nitrogens with one attached hydrogen (secondary N) is 1. The number of hydrogen-bond donors (Lipinski definition) is 1. The summed E-state index contributed by atoms with van der Waals surface area (Å²) < 4.78 is 5.22. The standard InChI is InChI=1S/C21H28N4O5/c1-4-21(3)19(28)25(20(29)22-21)14-17(26)30-15(2)18(27)24-12-10-23(11-13-24)16-8-6-5-7-9-16/h5-9,15H,4,10-14H2,1-3H3,(H,22,29)/t15-,21-/m0/s1. The molecular weight excluding hydrogens is 388 g/mol. The molecule has 2 saturated heterocycles. The molecule has 9 heteroatoms. The molecule has 1 aromatic carbocycles. The number of para-hydroxylation sites is 1. The maximum atomic E-state index is 12.7. The van der Waals surface area contributed by atoms with Crippen molar-refractivity contribution in [1.29, 1.82) is 0 Å². The zero-order chi connectivity index (χ0) is 21.9. The average molecular weight is 416 g/mol. The minimum atomic E-state index is -1.02. The molecule has 162 valence electrons. The predicted molar refractivity (Wildman–Crippen MR) is 110 cm³/mol. The third-order valence-corrected chi connectivity index (χ3v) is 5.71. The molecule has 4 amide bonds. The Hall–Kier alpha value is -3.10. The fourth-order valence-corrected chi connectivity index (χ4v) is 3.63. The summed E-state index contributed by atoms with van der Waals surface area (Å²) in [6, 6.07) is 9.34. The van der Waals surface area contributed by atoms with E-state index in [4.69, 9.17) is 4.74 Å². The Morgan fingerprint density at radius 2 is 1.77 bits per heavy atom. The van der Waals surface area contributed by atoms with Gasteiger partial charge in [0.2, 0.25) is 0 Å². The molecule has 2 aliphatic rings. The van der Waals surface area contributed by atoms with Crippen molar-refractivity contribution in [1.82, 2.24) is 15.1 Å². The number of carbonyl (C=O) groups excluding carboxylic acids is 4. The van der Waals surface area contributed by atoms with E-state index < -0.39 is 36.1 Å². The van der Waals surface area contributed by atoms with E-state index in [9.17, 15) is 19.2 Å². The lowest BCUT2D eigenvalue weighted by Crippen LogP contribution is -2.52. The van der Waals surface area contributed by atoms with Gasteiger partial charge >= 0.3 is 12.0 Å². The summed E-state index contributed by atoms with van der Waals surface area (Å²) >= 11 is 0. The van der Waals surface area contributed by atoms with E-state index in [2.05, 4.69) is 10.2 Å². The Morgan fingerprint density at radius 1 is 1.13 bits per heavy atom. The van der Waals surface area contributed by atoms with Crippen LogP contribution < -0.4 is 10.2 Å². The largest absolute Gasteiger partial charge is 0.451 e. The molecule has 30 heavy (non-hydrogen) atoms. The first-order valence-corrected chi connectivity index (χ1v) is 10.2. The number of urea groups is 1. The van der Waals surface area contributed by atoms with E-state index in [0.717, 1.165) is 10.6 Å². The second kappa shape index (κ2) is 8.73. The minimum Gasteiger partial charge on any atom is -0.451 e. The van der Waals surface area contributed by atoms with Gasteiger partial charge in [-0.1, -0.05) is 25.1 Å². The average Bonchev–Trinajstić information content (AvgIpc) is 2.97. The number of esters is 1. The van der Waals surface area contributed by atoms with Gasteiger partial charge in [-0.3, -0.25) is 19.3 Å². The minimum absolute atomic E-state index is 0.286. The highest BCUT2D eigenvalue weighted by Gasteiger charge is 2.47. The van der Waals surface area contributed by atoms with E-state index in [1.54, 1.807) is 18.7 Å². The Bertz CT molecular complexity index is 822. The van der Waals surface area contributed by atoms with Crippen molar-refractivity contribution in [2.24, 2.45) is 0 Å². The van der Waals surface area contributed by atoms with Crippen LogP contribution in [0.4, 0.5) is 10.5 Å². The number of hydrogen-bond acceptors (Lipinski definition) is 6. The molecule has 0 aliphatic carbocycles. The van der Waals surface area contributed by atoms with Crippen molar-refractivity contribution >= 4 is 29.5 Å². The smallest absolute Gasteiger partial charge is 0.327 e. The molecule has 1 N–H and O–H groups in total. The lowest BCUT2D eigenvalue weighted by atomic mass is 9.99. The van der Waals surface area contributed by atoms with Gasteiger partial charge in [0.15, 0.2) is 6.10 Å². The number of carbonyl (C=O) groups is 4. The summed E-state index contributed by atoms with van der Waals surface area (Å²) in [6.45, 7) is 6.81. The Kier molecular flexibility index (Phi) is 6.28. The van der Waals surface area contributed by atoms with Gasteiger partial charge in [-0.05, 0) is 32.4 Å². The van der Waals surface area contributed by atoms with Crippen molar-refractivity contribution in [2.45, 2.75) is 38.8 Å². The van der Waals surface area contributed by atoms with Crippen LogP contribution in [0.25, 0.3) is 0 Å². The molecule has 9 nitrogen and oxygen atoms in total. The molecule has 0 spiro atoms. The van der Waals surface area contributed by atoms with Gasteiger partial charge in [0.1, 0.15) is 12.1 Å². The molecule has 2 atom stereocenters. The van der Waals surface area contributed by atoms with E-state index in [-0.39, 0.29) is 5.91 Å². The highest BCUT2D eigenvalue weighted by molar-refractivity contribution is 6.08. The van der Waals surface area contributed by atoms with Crippen LogP contribution in [0.3, 0.4) is 0 Å². The molecule has 0 saturated carbocycles. The summed E-state index contributed by atoms with van der Waals surface area (Å²) in [7, 11) is 0. The van der Waals surface area contributed by atoms with Crippen molar-refractivity contribution < 1.29 is 23.9 Å². The first-order valence-electron chi connectivity index (χ1n) is 10.2. The number of piperazine rings is 1. The Labute approximate surface area is 175 Å². The maximum absolute atomic E-state index is 12.7. The molecule has 2 aliphatic heterocycles. The normalized spacial score (nSPS) is 22.7. The Balaban J connectivity index is 1.49. The van der Waals surface area contributed by atoms with E-state index >= 15 is 0 Å². The van der Waals surface area contributed by atoms with E-state index in [0.29, 0.717) is 32.6 Å². The first kappa shape index (κ1) is 21.6. The van der Waals surface area contributed by atoms with Crippen LogP contribution in [0.2, 0.25) is 0 Å². The molecule has 0 bridgehead atoms. The zero-order valence-corrected chi connectivity index (χ0v) is 17.6. The monoisotopic (exact) mass is 416 g/mol. The van der Waals surface area contributed by atoms with Gasteiger partial charge in [0, 0.05) is 31.9 Å². The first-order chi connectivity index (χ1) is 14.2. The molecule has 1 aromatic rings. The van der Waals surface area contributed by atoms with Gasteiger partial charge in [0.05, 0.1) is 0 Å². The number of amides is 4. The summed E-state index contributed by atoms with van der Waals surface area (Å²) in [6.07, 6.45) is -0.577. The molecule has 0 radical (unpaired) electrons. The Morgan fingerprint density at radius 3 is 2.33 bits per heavy atom. The van der Waals surface area contributed by atoms with Gasteiger partial charge in [-0.2, -0.15) is 0 Å². The lowest BCUT2D eigenvalue weighted by molar-refractivity contribution is -0.160. The molecule has 3 rings (SSSR count). The van der Waals surface area contributed by atoms with E-state index in [1.807, 2.05) is 30.3 Å². The van der Waals surface area contributed by atoms with E-state index in [1.165, 1.54) is 6.92 Å². The van der Waals surface area contributed by atoms with Gasteiger partial charge in [0.25, 0.3) is 11.8 Å².